The lowest BCUT2D eigenvalue weighted by Gasteiger charge is -2.26. The fourth-order valence-corrected chi connectivity index (χ4v) is 3.78. The molecule has 1 aliphatic heterocycles. The van der Waals surface area contributed by atoms with Gasteiger partial charge in [0.05, 0.1) is 25.6 Å². The van der Waals surface area contributed by atoms with Gasteiger partial charge in [-0.15, -0.1) is 0 Å². The molecule has 1 aromatic heterocycles. The molecule has 0 saturated heterocycles. The number of hydrogen-bond acceptors (Lipinski definition) is 4. The molecule has 1 atom stereocenters. The highest BCUT2D eigenvalue weighted by Gasteiger charge is 2.34. The van der Waals surface area contributed by atoms with Crippen LogP contribution in [0.2, 0.25) is 0 Å². The summed E-state index contributed by atoms with van der Waals surface area (Å²) >= 11 is 0. The first-order valence-electron chi connectivity index (χ1n) is 9.09. The molecule has 0 bridgehead atoms. The lowest BCUT2D eigenvalue weighted by molar-refractivity contribution is -0.116. The van der Waals surface area contributed by atoms with Gasteiger partial charge in [0.1, 0.15) is 5.56 Å². The van der Waals surface area contributed by atoms with Crippen molar-refractivity contribution in [3.05, 3.63) is 71.5 Å². The SMILES string of the molecule is COc1ccc([C@H]2CC(=O)Nc3c(C(=O)O)cn(-c4ccccc4)c32)cc1OC. The maximum atomic E-state index is 12.4. The molecule has 7 heteroatoms. The standard InChI is InChI=1S/C22H20N2O5/c1-28-17-9-8-13(10-18(17)29-2)15-11-19(25)23-20-16(22(26)27)12-24(21(15)20)14-6-4-3-5-7-14/h3-10,12,15H,11H2,1-2H3,(H,23,25)(H,26,27)/t15-/m1/s1. The molecule has 0 unspecified atom stereocenters. The predicted octanol–water partition coefficient (Wildman–Crippen LogP) is 3.67. The van der Waals surface area contributed by atoms with E-state index in [-0.39, 0.29) is 23.8 Å². The van der Waals surface area contributed by atoms with Gasteiger partial charge in [0.15, 0.2) is 11.5 Å². The number of nitrogens with zero attached hydrogens (tertiary/aromatic N) is 1. The monoisotopic (exact) mass is 392 g/mol. The van der Waals surface area contributed by atoms with Crippen LogP contribution in [0.3, 0.4) is 0 Å². The van der Waals surface area contributed by atoms with Crippen LogP contribution >= 0.6 is 0 Å². The van der Waals surface area contributed by atoms with E-state index in [2.05, 4.69) is 5.32 Å². The van der Waals surface area contributed by atoms with Gasteiger partial charge in [0.2, 0.25) is 5.91 Å². The van der Waals surface area contributed by atoms with Crippen molar-refractivity contribution in [1.82, 2.24) is 4.57 Å². The lowest BCUT2D eigenvalue weighted by atomic mass is 9.88. The number of amides is 1. The van der Waals surface area contributed by atoms with Crippen molar-refractivity contribution in [2.45, 2.75) is 12.3 Å². The van der Waals surface area contributed by atoms with E-state index in [9.17, 15) is 14.7 Å². The van der Waals surface area contributed by atoms with Crippen LogP contribution in [0.15, 0.2) is 54.7 Å². The van der Waals surface area contributed by atoms with E-state index in [1.54, 1.807) is 26.5 Å². The maximum absolute atomic E-state index is 12.4. The summed E-state index contributed by atoms with van der Waals surface area (Å²) in [5.41, 5.74) is 2.77. The van der Waals surface area contributed by atoms with Crippen LogP contribution in [-0.4, -0.2) is 35.8 Å². The predicted molar refractivity (Wildman–Crippen MR) is 107 cm³/mol. The summed E-state index contributed by atoms with van der Waals surface area (Å²) in [6.45, 7) is 0. The lowest BCUT2D eigenvalue weighted by Crippen LogP contribution is -2.25. The number of anilines is 1. The molecule has 2 N–H and O–H groups in total. The Morgan fingerprint density at radius 2 is 1.83 bits per heavy atom. The summed E-state index contributed by atoms with van der Waals surface area (Å²) in [7, 11) is 3.11. The number of rotatable bonds is 5. The highest BCUT2D eigenvalue weighted by Crippen LogP contribution is 2.43. The topological polar surface area (TPSA) is 89.8 Å². The third kappa shape index (κ3) is 3.20. The largest absolute Gasteiger partial charge is 0.493 e. The fourth-order valence-electron chi connectivity index (χ4n) is 3.78. The van der Waals surface area contributed by atoms with Gasteiger partial charge in [-0.25, -0.2) is 4.79 Å². The Morgan fingerprint density at radius 3 is 2.48 bits per heavy atom. The quantitative estimate of drug-likeness (QED) is 0.692. The van der Waals surface area contributed by atoms with Gasteiger partial charge in [-0.05, 0) is 29.8 Å². The van der Waals surface area contributed by atoms with E-state index in [4.69, 9.17) is 9.47 Å². The molecule has 29 heavy (non-hydrogen) atoms. The van der Waals surface area contributed by atoms with Crippen molar-refractivity contribution < 1.29 is 24.2 Å². The minimum absolute atomic E-state index is 0.0578. The van der Waals surface area contributed by atoms with Crippen LogP contribution < -0.4 is 14.8 Å². The van der Waals surface area contributed by atoms with Crippen LogP contribution in [0.25, 0.3) is 5.69 Å². The molecule has 2 aromatic carbocycles. The van der Waals surface area contributed by atoms with E-state index in [1.807, 2.05) is 47.0 Å². The number of carboxylic acids is 1. The third-order valence-electron chi connectivity index (χ3n) is 5.10. The first kappa shape index (κ1) is 18.6. The smallest absolute Gasteiger partial charge is 0.339 e. The van der Waals surface area contributed by atoms with Crippen molar-refractivity contribution in [1.29, 1.82) is 0 Å². The summed E-state index contributed by atoms with van der Waals surface area (Å²) in [6, 6.07) is 14.9. The molecular weight excluding hydrogens is 372 g/mol. The highest BCUT2D eigenvalue weighted by atomic mass is 16.5. The summed E-state index contributed by atoms with van der Waals surface area (Å²) in [5.74, 6) is -0.531. The Hall–Kier alpha value is -3.74. The Labute approximate surface area is 167 Å². The molecule has 1 amide bonds. The van der Waals surface area contributed by atoms with Gasteiger partial charge in [-0.1, -0.05) is 24.3 Å². The van der Waals surface area contributed by atoms with Gasteiger partial charge in [-0.3, -0.25) is 4.79 Å². The molecule has 0 spiro atoms. The number of benzene rings is 2. The van der Waals surface area contributed by atoms with Gasteiger partial charge >= 0.3 is 5.97 Å². The first-order valence-corrected chi connectivity index (χ1v) is 9.09. The zero-order valence-electron chi connectivity index (χ0n) is 16.0. The second-order valence-corrected chi connectivity index (χ2v) is 6.73. The Kier molecular flexibility index (Phi) is 4.72. The van der Waals surface area contributed by atoms with E-state index < -0.39 is 5.97 Å². The minimum Gasteiger partial charge on any atom is -0.493 e. The number of hydrogen-bond donors (Lipinski definition) is 2. The van der Waals surface area contributed by atoms with Gasteiger partial charge in [0.25, 0.3) is 0 Å². The molecule has 0 aliphatic carbocycles. The van der Waals surface area contributed by atoms with Crippen LogP contribution in [0.4, 0.5) is 5.69 Å². The number of aromatic nitrogens is 1. The molecule has 0 saturated carbocycles. The average Bonchev–Trinajstić information content (AvgIpc) is 3.13. The van der Waals surface area contributed by atoms with Crippen molar-refractivity contribution >= 4 is 17.6 Å². The Morgan fingerprint density at radius 1 is 1.10 bits per heavy atom. The molecule has 148 valence electrons. The second-order valence-electron chi connectivity index (χ2n) is 6.73. The number of nitrogens with one attached hydrogen (secondary N) is 1. The molecular formula is C22H20N2O5. The van der Waals surface area contributed by atoms with E-state index in [0.717, 1.165) is 16.9 Å². The zero-order valence-corrected chi connectivity index (χ0v) is 16.0. The third-order valence-corrected chi connectivity index (χ3v) is 5.10. The summed E-state index contributed by atoms with van der Waals surface area (Å²) in [4.78, 5) is 24.3. The molecule has 1 aliphatic rings. The first-order chi connectivity index (χ1) is 14.0. The Bertz CT molecular complexity index is 1090. The van der Waals surface area contributed by atoms with E-state index >= 15 is 0 Å². The number of ether oxygens (including phenoxy) is 2. The van der Waals surface area contributed by atoms with Crippen molar-refractivity contribution in [2.24, 2.45) is 0 Å². The minimum atomic E-state index is -1.09. The molecule has 0 radical (unpaired) electrons. The van der Waals surface area contributed by atoms with Gasteiger partial charge < -0.3 is 24.5 Å². The number of carbonyl (C=O) groups excluding carboxylic acids is 1. The van der Waals surface area contributed by atoms with Gasteiger partial charge in [-0.2, -0.15) is 0 Å². The number of carboxylic acid groups (broad SMARTS) is 1. The zero-order chi connectivity index (χ0) is 20.5. The number of aromatic carboxylic acids is 1. The van der Waals surface area contributed by atoms with Crippen LogP contribution in [0.5, 0.6) is 11.5 Å². The highest BCUT2D eigenvalue weighted by molar-refractivity contribution is 6.04. The molecule has 2 heterocycles. The molecule has 4 rings (SSSR count). The summed E-state index contributed by atoms with van der Waals surface area (Å²) in [6.07, 6.45) is 1.75. The van der Waals surface area contributed by atoms with Crippen LogP contribution in [-0.2, 0) is 4.79 Å². The number of para-hydroxylation sites is 1. The van der Waals surface area contributed by atoms with E-state index in [1.165, 1.54) is 0 Å². The molecule has 7 nitrogen and oxygen atoms in total. The normalized spacial score (nSPS) is 15.4. The van der Waals surface area contributed by atoms with Gasteiger partial charge in [0, 0.05) is 24.2 Å². The molecule has 0 fully saturated rings. The summed E-state index contributed by atoms with van der Waals surface area (Å²) < 4.78 is 12.6. The maximum Gasteiger partial charge on any atom is 0.339 e. The second kappa shape index (κ2) is 7.35. The van der Waals surface area contributed by atoms with Crippen LogP contribution in [0, 0.1) is 0 Å². The summed E-state index contributed by atoms with van der Waals surface area (Å²) in [5, 5.41) is 12.4. The number of carbonyl (C=O) groups is 2. The van der Waals surface area contributed by atoms with Crippen LogP contribution in [0.1, 0.15) is 34.0 Å². The van der Waals surface area contributed by atoms with E-state index in [0.29, 0.717) is 17.2 Å². The Balaban J connectivity index is 1.94. The van der Waals surface area contributed by atoms with Crippen molar-refractivity contribution in [2.75, 3.05) is 19.5 Å². The molecule has 3 aromatic rings. The number of fused-ring (bicyclic) bond motifs is 1. The average molecular weight is 392 g/mol. The van der Waals surface area contributed by atoms with Crippen molar-refractivity contribution in [3.63, 3.8) is 0 Å². The number of methoxy groups -OCH3 is 2. The fraction of sp³-hybridized carbons (Fsp3) is 0.182. The van der Waals surface area contributed by atoms with Crippen molar-refractivity contribution in [3.8, 4) is 17.2 Å².